The molecule has 0 amide bonds. The van der Waals surface area contributed by atoms with Gasteiger partial charge in [0.1, 0.15) is 5.75 Å². The largest absolute Gasteiger partial charge is 0.493 e. The first-order valence-corrected chi connectivity index (χ1v) is 4.37. The monoisotopic (exact) mass is 190 g/mol. The Hall–Kier alpha value is -1.77. The van der Waals surface area contributed by atoms with E-state index in [1.807, 2.05) is 6.07 Å². The average Bonchev–Trinajstić information content (AvgIpc) is 2.62. The predicted octanol–water partition coefficient (Wildman–Crippen LogP) is 1.72. The van der Waals surface area contributed by atoms with Gasteiger partial charge >= 0.3 is 5.97 Å². The van der Waals surface area contributed by atoms with Crippen molar-refractivity contribution in [1.82, 2.24) is 0 Å². The molecule has 0 aliphatic carbocycles. The van der Waals surface area contributed by atoms with Crippen LogP contribution in [0.4, 0.5) is 0 Å². The Kier molecular flexibility index (Phi) is 2.00. The highest BCUT2D eigenvalue weighted by atomic mass is 16.5. The van der Waals surface area contributed by atoms with Crippen LogP contribution < -0.4 is 4.74 Å². The van der Waals surface area contributed by atoms with Crippen molar-refractivity contribution in [2.75, 3.05) is 6.61 Å². The van der Waals surface area contributed by atoms with Crippen molar-refractivity contribution in [3.63, 3.8) is 0 Å². The minimum atomic E-state index is -0.983. The number of benzene rings is 1. The Morgan fingerprint density at radius 2 is 2.29 bits per heavy atom. The zero-order valence-corrected chi connectivity index (χ0v) is 7.62. The molecule has 3 heteroatoms. The molecule has 1 aliphatic heterocycles. The summed E-state index contributed by atoms with van der Waals surface area (Å²) in [5.74, 6) is -0.129. The summed E-state index contributed by atoms with van der Waals surface area (Å²) in [6.07, 6.45) is 0.843. The quantitative estimate of drug-likeness (QED) is 0.722. The smallest absolute Gasteiger partial charge is 0.335 e. The van der Waals surface area contributed by atoms with Gasteiger partial charge in [-0.25, -0.2) is 4.79 Å². The SMILES string of the molecule is C=C(C(=O)O)c1ccc2c(c1)CCO2. The van der Waals surface area contributed by atoms with Crippen molar-refractivity contribution >= 4 is 11.5 Å². The first kappa shape index (κ1) is 8.81. The Bertz CT molecular complexity index is 407. The summed E-state index contributed by atoms with van der Waals surface area (Å²) in [5, 5.41) is 8.75. The fraction of sp³-hybridized carbons (Fsp3) is 0.182. The maximum Gasteiger partial charge on any atom is 0.335 e. The summed E-state index contributed by atoms with van der Waals surface area (Å²) in [6, 6.07) is 5.35. The molecule has 3 nitrogen and oxygen atoms in total. The van der Waals surface area contributed by atoms with Gasteiger partial charge in [-0.05, 0) is 23.3 Å². The molecule has 72 valence electrons. The number of carboxylic acids is 1. The minimum Gasteiger partial charge on any atom is -0.493 e. The number of carbonyl (C=O) groups is 1. The van der Waals surface area contributed by atoms with Crippen LogP contribution in [-0.4, -0.2) is 17.7 Å². The molecule has 0 aromatic heterocycles. The van der Waals surface area contributed by atoms with Crippen LogP contribution in [0.1, 0.15) is 11.1 Å². The molecule has 0 unspecified atom stereocenters. The number of aliphatic carboxylic acids is 1. The molecule has 1 aliphatic rings. The van der Waals surface area contributed by atoms with E-state index in [1.165, 1.54) is 0 Å². The third-order valence-electron chi connectivity index (χ3n) is 2.30. The number of rotatable bonds is 2. The Labute approximate surface area is 81.6 Å². The number of hydrogen-bond donors (Lipinski definition) is 1. The second-order valence-corrected chi connectivity index (χ2v) is 3.20. The van der Waals surface area contributed by atoms with E-state index in [1.54, 1.807) is 12.1 Å². The van der Waals surface area contributed by atoms with Gasteiger partial charge in [-0.1, -0.05) is 12.6 Å². The lowest BCUT2D eigenvalue weighted by atomic mass is 10.0. The van der Waals surface area contributed by atoms with Crippen LogP contribution in [0.3, 0.4) is 0 Å². The topological polar surface area (TPSA) is 46.5 Å². The molecule has 0 fully saturated rings. The number of carboxylic acid groups (broad SMARTS) is 1. The van der Waals surface area contributed by atoms with E-state index in [0.29, 0.717) is 12.2 Å². The van der Waals surface area contributed by atoms with Gasteiger partial charge in [-0.15, -0.1) is 0 Å². The molecule has 2 rings (SSSR count). The van der Waals surface area contributed by atoms with E-state index in [2.05, 4.69) is 6.58 Å². The maximum atomic E-state index is 10.7. The minimum absolute atomic E-state index is 0.125. The van der Waals surface area contributed by atoms with Crippen LogP contribution >= 0.6 is 0 Å². The Morgan fingerprint density at radius 1 is 1.50 bits per heavy atom. The molecule has 1 aromatic carbocycles. The highest BCUT2D eigenvalue weighted by Crippen LogP contribution is 2.28. The van der Waals surface area contributed by atoms with Gasteiger partial charge in [0.05, 0.1) is 12.2 Å². The van der Waals surface area contributed by atoms with Crippen LogP contribution in [0, 0.1) is 0 Å². The summed E-state index contributed by atoms with van der Waals surface area (Å²) >= 11 is 0. The van der Waals surface area contributed by atoms with Gasteiger partial charge in [-0.2, -0.15) is 0 Å². The average molecular weight is 190 g/mol. The predicted molar refractivity (Wildman–Crippen MR) is 52.3 cm³/mol. The van der Waals surface area contributed by atoms with Gasteiger partial charge in [-0.3, -0.25) is 0 Å². The van der Waals surface area contributed by atoms with Gasteiger partial charge < -0.3 is 9.84 Å². The third kappa shape index (κ3) is 1.37. The highest BCUT2D eigenvalue weighted by molar-refractivity contribution is 6.14. The van der Waals surface area contributed by atoms with Crippen molar-refractivity contribution < 1.29 is 14.6 Å². The zero-order valence-electron chi connectivity index (χ0n) is 7.62. The fourth-order valence-corrected chi connectivity index (χ4v) is 1.50. The van der Waals surface area contributed by atoms with Crippen molar-refractivity contribution in [2.24, 2.45) is 0 Å². The molecular weight excluding hydrogens is 180 g/mol. The molecular formula is C11H10O3. The second-order valence-electron chi connectivity index (χ2n) is 3.20. The lowest BCUT2D eigenvalue weighted by Crippen LogP contribution is -1.98. The van der Waals surface area contributed by atoms with E-state index < -0.39 is 5.97 Å². The highest BCUT2D eigenvalue weighted by Gasteiger charge is 2.14. The van der Waals surface area contributed by atoms with Crippen molar-refractivity contribution in [1.29, 1.82) is 0 Å². The first-order chi connectivity index (χ1) is 6.68. The lowest BCUT2D eigenvalue weighted by molar-refractivity contribution is -0.130. The van der Waals surface area contributed by atoms with E-state index >= 15 is 0 Å². The van der Waals surface area contributed by atoms with Crippen LogP contribution in [0.2, 0.25) is 0 Å². The van der Waals surface area contributed by atoms with Crippen molar-refractivity contribution in [3.8, 4) is 5.75 Å². The lowest BCUT2D eigenvalue weighted by Gasteiger charge is -2.03. The molecule has 0 atom stereocenters. The summed E-state index contributed by atoms with van der Waals surface area (Å²) in [6.45, 7) is 4.19. The van der Waals surface area contributed by atoms with Gasteiger partial charge in [0.25, 0.3) is 0 Å². The summed E-state index contributed by atoms with van der Waals surface area (Å²) in [4.78, 5) is 10.7. The molecule has 1 heterocycles. The van der Waals surface area contributed by atoms with Gasteiger partial charge in [0.15, 0.2) is 0 Å². The van der Waals surface area contributed by atoms with Crippen molar-refractivity contribution in [2.45, 2.75) is 6.42 Å². The zero-order chi connectivity index (χ0) is 10.1. The van der Waals surface area contributed by atoms with Crippen LogP contribution in [-0.2, 0) is 11.2 Å². The molecule has 0 spiro atoms. The summed E-state index contributed by atoms with van der Waals surface area (Å²) in [7, 11) is 0. The normalized spacial score (nSPS) is 13.1. The molecule has 0 saturated carbocycles. The Balaban J connectivity index is 2.38. The van der Waals surface area contributed by atoms with Gasteiger partial charge in [0, 0.05) is 6.42 Å². The number of hydrogen-bond acceptors (Lipinski definition) is 2. The standard InChI is InChI=1S/C11H10O3/c1-7(11(12)13)8-2-3-10-9(6-8)4-5-14-10/h2-3,6H,1,4-5H2,(H,12,13). The maximum absolute atomic E-state index is 10.7. The molecule has 0 bridgehead atoms. The van der Waals surface area contributed by atoms with Gasteiger partial charge in [0.2, 0.25) is 0 Å². The molecule has 1 aromatic rings. The summed E-state index contributed by atoms with van der Waals surface area (Å²) < 4.78 is 5.32. The molecule has 0 saturated heterocycles. The summed E-state index contributed by atoms with van der Waals surface area (Å²) in [5.41, 5.74) is 1.84. The molecule has 14 heavy (non-hydrogen) atoms. The van der Waals surface area contributed by atoms with Crippen LogP contribution in [0.15, 0.2) is 24.8 Å². The number of fused-ring (bicyclic) bond motifs is 1. The third-order valence-corrected chi connectivity index (χ3v) is 2.30. The van der Waals surface area contributed by atoms with E-state index in [-0.39, 0.29) is 5.57 Å². The van der Waals surface area contributed by atoms with Crippen LogP contribution in [0.5, 0.6) is 5.75 Å². The fourth-order valence-electron chi connectivity index (χ4n) is 1.50. The molecule has 1 N–H and O–H groups in total. The van der Waals surface area contributed by atoms with E-state index in [4.69, 9.17) is 9.84 Å². The van der Waals surface area contributed by atoms with E-state index in [0.717, 1.165) is 17.7 Å². The Morgan fingerprint density at radius 3 is 3.00 bits per heavy atom. The molecule has 0 radical (unpaired) electrons. The van der Waals surface area contributed by atoms with Crippen LogP contribution in [0.25, 0.3) is 5.57 Å². The number of ether oxygens (including phenoxy) is 1. The second kappa shape index (κ2) is 3.18. The first-order valence-electron chi connectivity index (χ1n) is 4.37. The van der Waals surface area contributed by atoms with Crippen molar-refractivity contribution in [3.05, 3.63) is 35.9 Å². The van der Waals surface area contributed by atoms with E-state index in [9.17, 15) is 4.79 Å².